The van der Waals surface area contributed by atoms with E-state index in [0.717, 1.165) is 28.5 Å². The Morgan fingerprint density at radius 2 is 2.00 bits per heavy atom. The van der Waals surface area contributed by atoms with Crippen LogP contribution in [0.15, 0.2) is 53.4 Å². The Labute approximate surface area is 181 Å². The number of hydrogen-bond acceptors (Lipinski definition) is 5. The SMILES string of the molecule is O=C(c1cccc(F)c1-n1nccn1)N1CC2CCC1C(Oc1ccc(Br)cn1)C2. The van der Waals surface area contributed by atoms with Gasteiger partial charge in [-0.2, -0.15) is 10.2 Å². The summed E-state index contributed by atoms with van der Waals surface area (Å²) >= 11 is 3.37. The van der Waals surface area contributed by atoms with Crippen molar-refractivity contribution in [1.29, 1.82) is 0 Å². The van der Waals surface area contributed by atoms with E-state index in [9.17, 15) is 9.18 Å². The summed E-state index contributed by atoms with van der Waals surface area (Å²) in [5.74, 6) is 0.120. The number of fused-ring (bicyclic) bond motifs is 3. The molecule has 2 saturated heterocycles. The van der Waals surface area contributed by atoms with E-state index < -0.39 is 5.82 Å². The molecule has 154 valence electrons. The number of pyridine rings is 1. The first-order valence-electron chi connectivity index (χ1n) is 9.84. The Balaban J connectivity index is 1.44. The van der Waals surface area contributed by atoms with Crippen LogP contribution in [0.25, 0.3) is 5.69 Å². The summed E-state index contributed by atoms with van der Waals surface area (Å²) in [6.07, 6.45) is 7.24. The molecule has 3 fully saturated rings. The molecular formula is C21H19BrFN5O2. The molecule has 3 aromatic rings. The fraction of sp³-hybridized carbons (Fsp3) is 0.333. The van der Waals surface area contributed by atoms with Gasteiger partial charge in [-0.15, -0.1) is 4.80 Å². The second kappa shape index (κ2) is 7.79. The van der Waals surface area contributed by atoms with E-state index in [-0.39, 0.29) is 29.3 Å². The molecule has 0 radical (unpaired) electrons. The summed E-state index contributed by atoms with van der Waals surface area (Å²) in [5, 5.41) is 8.04. The standard InChI is InChI=1S/C21H19BrFN5O2/c22-14-5-7-19(24-11-14)30-18-10-13-4-6-17(18)27(12-13)21(29)15-2-1-3-16(23)20(15)28-25-8-9-26-28/h1-3,5,7-9,11,13,17-18H,4,6,10,12H2. The number of aromatic nitrogens is 4. The molecule has 1 aliphatic carbocycles. The average molecular weight is 472 g/mol. The molecule has 4 heterocycles. The highest BCUT2D eigenvalue weighted by atomic mass is 79.9. The van der Waals surface area contributed by atoms with Crippen molar-refractivity contribution in [2.45, 2.75) is 31.4 Å². The van der Waals surface area contributed by atoms with Crippen LogP contribution in [0.5, 0.6) is 5.88 Å². The van der Waals surface area contributed by atoms with Crippen LogP contribution in [0.4, 0.5) is 4.39 Å². The Bertz CT molecular complexity index is 1060. The minimum Gasteiger partial charge on any atom is -0.472 e. The van der Waals surface area contributed by atoms with Crippen molar-refractivity contribution in [3.63, 3.8) is 0 Å². The third-order valence-electron chi connectivity index (χ3n) is 5.79. The number of benzene rings is 1. The monoisotopic (exact) mass is 471 g/mol. The van der Waals surface area contributed by atoms with Crippen molar-refractivity contribution in [2.24, 2.45) is 5.92 Å². The molecule has 3 aliphatic rings. The van der Waals surface area contributed by atoms with Crippen LogP contribution in [0, 0.1) is 11.7 Å². The summed E-state index contributed by atoms with van der Waals surface area (Å²) in [6, 6.07) is 8.07. The number of rotatable bonds is 4. The maximum Gasteiger partial charge on any atom is 0.256 e. The topological polar surface area (TPSA) is 73.1 Å². The molecule has 2 bridgehead atoms. The van der Waals surface area contributed by atoms with Gasteiger partial charge in [-0.25, -0.2) is 9.37 Å². The van der Waals surface area contributed by atoms with Gasteiger partial charge in [0.15, 0.2) is 5.82 Å². The minimum absolute atomic E-state index is 0.0704. The van der Waals surface area contributed by atoms with Crippen LogP contribution in [0.3, 0.4) is 0 Å². The molecule has 1 aromatic carbocycles. The first kappa shape index (κ1) is 19.2. The smallest absolute Gasteiger partial charge is 0.256 e. The van der Waals surface area contributed by atoms with Crippen molar-refractivity contribution in [3.05, 3.63) is 64.8 Å². The Morgan fingerprint density at radius 1 is 1.17 bits per heavy atom. The van der Waals surface area contributed by atoms with E-state index >= 15 is 0 Å². The predicted molar refractivity (Wildman–Crippen MR) is 110 cm³/mol. The lowest BCUT2D eigenvalue weighted by molar-refractivity contribution is -0.0313. The molecule has 0 spiro atoms. The first-order valence-corrected chi connectivity index (χ1v) is 10.6. The number of carbonyl (C=O) groups excluding carboxylic acids is 1. The minimum atomic E-state index is -0.536. The number of piperidine rings is 2. The van der Waals surface area contributed by atoms with Crippen LogP contribution >= 0.6 is 15.9 Å². The van der Waals surface area contributed by atoms with Gasteiger partial charge < -0.3 is 9.64 Å². The van der Waals surface area contributed by atoms with E-state index in [2.05, 4.69) is 31.1 Å². The second-order valence-electron chi connectivity index (χ2n) is 7.63. The van der Waals surface area contributed by atoms with Crippen LogP contribution in [-0.2, 0) is 0 Å². The summed E-state index contributed by atoms with van der Waals surface area (Å²) in [6.45, 7) is 0.639. The molecule has 7 nitrogen and oxygen atoms in total. The molecule has 1 saturated carbocycles. The van der Waals surface area contributed by atoms with Crippen molar-refractivity contribution < 1.29 is 13.9 Å². The van der Waals surface area contributed by atoms with E-state index in [1.165, 1.54) is 24.5 Å². The van der Waals surface area contributed by atoms with Gasteiger partial charge >= 0.3 is 0 Å². The lowest BCUT2D eigenvalue weighted by Gasteiger charge is -2.49. The molecule has 3 atom stereocenters. The molecule has 2 aliphatic heterocycles. The van der Waals surface area contributed by atoms with Gasteiger partial charge in [0.1, 0.15) is 11.8 Å². The fourth-order valence-corrected chi connectivity index (χ4v) is 4.69. The largest absolute Gasteiger partial charge is 0.472 e. The van der Waals surface area contributed by atoms with Gasteiger partial charge in [0, 0.05) is 23.3 Å². The number of para-hydroxylation sites is 1. The van der Waals surface area contributed by atoms with Crippen LogP contribution in [0.1, 0.15) is 29.6 Å². The zero-order valence-corrected chi connectivity index (χ0v) is 17.6. The third kappa shape index (κ3) is 3.47. The molecule has 6 rings (SSSR count). The first-order chi connectivity index (χ1) is 14.6. The maximum atomic E-state index is 14.6. The highest BCUT2D eigenvalue weighted by molar-refractivity contribution is 9.10. The Kier molecular flexibility index (Phi) is 4.98. The third-order valence-corrected chi connectivity index (χ3v) is 6.26. The number of nitrogens with zero attached hydrogens (tertiary/aromatic N) is 5. The lowest BCUT2D eigenvalue weighted by atomic mass is 9.77. The highest BCUT2D eigenvalue weighted by Gasteiger charge is 2.45. The van der Waals surface area contributed by atoms with Gasteiger partial charge in [0.2, 0.25) is 5.88 Å². The van der Waals surface area contributed by atoms with Gasteiger partial charge in [0.25, 0.3) is 5.91 Å². The number of ether oxygens (including phenoxy) is 1. The number of amides is 1. The normalized spacial score (nSPS) is 22.9. The molecule has 30 heavy (non-hydrogen) atoms. The van der Waals surface area contributed by atoms with Gasteiger partial charge in [-0.3, -0.25) is 4.79 Å². The summed E-state index contributed by atoms with van der Waals surface area (Å²) in [4.78, 5) is 20.8. The van der Waals surface area contributed by atoms with Crippen LogP contribution in [-0.4, -0.2) is 49.5 Å². The van der Waals surface area contributed by atoms with Gasteiger partial charge in [-0.05, 0) is 59.3 Å². The summed E-state index contributed by atoms with van der Waals surface area (Å²) < 4.78 is 21.7. The predicted octanol–water partition coefficient (Wildman–Crippen LogP) is 3.64. The highest BCUT2D eigenvalue weighted by Crippen LogP contribution is 2.38. The molecular weight excluding hydrogens is 453 g/mol. The zero-order valence-electron chi connectivity index (χ0n) is 16.0. The van der Waals surface area contributed by atoms with Crippen molar-refractivity contribution in [2.75, 3.05) is 6.54 Å². The molecule has 9 heteroatoms. The number of carbonyl (C=O) groups is 1. The fourth-order valence-electron chi connectivity index (χ4n) is 4.46. The van der Waals surface area contributed by atoms with Crippen molar-refractivity contribution in [3.8, 4) is 11.6 Å². The van der Waals surface area contributed by atoms with Gasteiger partial charge in [0.05, 0.1) is 24.0 Å². The maximum absolute atomic E-state index is 14.6. The van der Waals surface area contributed by atoms with E-state index in [4.69, 9.17) is 4.74 Å². The Morgan fingerprint density at radius 3 is 2.73 bits per heavy atom. The molecule has 1 amide bonds. The summed E-state index contributed by atoms with van der Waals surface area (Å²) in [7, 11) is 0. The molecule has 0 N–H and O–H groups in total. The Hall–Kier alpha value is -2.81. The van der Waals surface area contributed by atoms with Gasteiger partial charge in [-0.1, -0.05) is 6.07 Å². The average Bonchev–Trinajstić information content (AvgIpc) is 3.29. The zero-order chi connectivity index (χ0) is 20.7. The molecule has 3 unspecified atom stereocenters. The van der Waals surface area contributed by atoms with Crippen molar-refractivity contribution in [1.82, 2.24) is 24.9 Å². The quantitative estimate of drug-likeness (QED) is 0.580. The van der Waals surface area contributed by atoms with E-state index in [1.54, 1.807) is 12.3 Å². The summed E-state index contributed by atoms with van der Waals surface area (Å²) in [5.41, 5.74) is 0.320. The lowest BCUT2D eigenvalue weighted by Crippen LogP contribution is -2.59. The van der Waals surface area contributed by atoms with Crippen LogP contribution < -0.4 is 4.74 Å². The van der Waals surface area contributed by atoms with Crippen molar-refractivity contribution >= 4 is 21.8 Å². The van der Waals surface area contributed by atoms with E-state index in [1.807, 2.05) is 17.0 Å². The van der Waals surface area contributed by atoms with E-state index in [0.29, 0.717) is 18.3 Å². The number of hydrogen-bond donors (Lipinski definition) is 0. The number of halogens is 2. The molecule has 2 aromatic heterocycles. The second-order valence-corrected chi connectivity index (χ2v) is 8.55. The van der Waals surface area contributed by atoms with Crippen LogP contribution in [0.2, 0.25) is 0 Å².